The number of hydrogen-bond acceptors (Lipinski definition) is 1. The van der Waals surface area contributed by atoms with E-state index in [4.69, 9.17) is 5.73 Å². The summed E-state index contributed by atoms with van der Waals surface area (Å²) in [6.45, 7) is 0. The molecule has 0 heterocycles. The molecule has 4 aromatic rings. The van der Waals surface area contributed by atoms with Gasteiger partial charge in [0.15, 0.2) is 0 Å². The first kappa shape index (κ1) is 18.7. The molecule has 4 rings (SSSR count). The van der Waals surface area contributed by atoms with E-state index >= 15 is 0 Å². The summed E-state index contributed by atoms with van der Waals surface area (Å²) in [4.78, 5) is 13.1. The van der Waals surface area contributed by atoms with E-state index in [1.807, 2.05) is 84.9 Å². The Labute approximate surface area is 171 Å². The van der Waals surface area contributed by atoms with Crippen LogP contribution in [0.3, 0.4) is 0 Å². The molecule has 0 aliphatic carbocycles. The fraction of sp³-hybridized carbons (Fsp3) is 0.0741. The molecule has 0 spiro atoms. The number of carbonyl (C=O) groups excluding carboxylic acids is 1. The molecule has 142 valence electrons. The van der Waals surface area contributed by atoms with Crippen molar-refractivity contribution in [3.63, 3.8) is 0 Å². The second kappa shape index (κ2) is 8.15. The number of rotatable bonds is 6. The van der Waals surface area contributed by atoms with Crippen LogP contribution < -0.4 is 5.73 Å². The molecule has 2 N–H and O–H groups in total. The van der Waals surface area contributed by atoms with Crippen molar-refractivity contribution in [1.82, 2.24) is 0 Å². The van der Waals surface area contributed by atoms with Crippen LogP contribution >= 0.6 is 0 Å². The minimum Gasteiger partial charge on any atom is -0.369 e. The van der Waals surface area contributed by atoms with Gasteiger partial charge < -0.3 is 5.73 Å². The van der Waals surface area contributed by atoms with Gasteiger partial charge in [0.2, 0.25) is 5.91 Å². The first-order chi connectivity index (χ1) is 14.2. The molecular formula is C27H23NO. The minimum atomic E-state index is -0.753. The second-order valence-corrected chi connectivity index (χ2v) is 7.15. The topological polar surface area (TPSA) is 43.1 Å². The molecule has 2 heteroatoms. The first-order valence-electron chi connectivity index (χ1n) is 9.75. The van der Waals surface area contributed by atoms with E-state index in [1.165, 1.54) is 0 Å². The molecule has 29 heavy (non-hydrogen) atoms. The van der Waals surface area contributed by atoms with Crippen LogP contribution in [0.25, 0.3) is 0 Å². The number of benzene rings is 4. The van der Waals surface area contributed by atoms with E-state index in [9.17, 15) is 4.79 Å². The molecule has 0 bridgehead atoms. The summed E-state index contributed by atoms with van der Waals surface area (Å²) < 4.78 is 0. The van der Waals surface area contributed by atoms with Gasteiger partial charge in [-0.05, 0) is 22.3 Å². The van der Waals surface area contributed by atoms with Crippen LogP contribution in [0, 0.1) is 0 Å². The van der Waals surface area contributed by atoms with Crippen LogP contribution in [0.15, 0.2) is 121 Å². The highest BCUT2D eigenvalue weighted by atomic mass is 16.1. The summed E-state index contributed by atoms with van der Waals surface area (Å²) in [5, 5.41) is 0. The Morgan fingerprint density at radius 1 is 0.552 bits per heavy atom. The van der Waals surface area contributed by atoms with Gasteiger partial charge in [0.1, 0.15) is 0 Å². The fourth-order valence-corrected chi connectivity index (χ4v) is 4.38. The standard InChI is InChI=1S/C27H23NO/c28-26(29)25(21-13-5-1-6-14-21)27(22-15-7-2-8-16-22,23-17-9-3-10-18-23)24-19-11-4-12-20-24/h1-20,25H,(H2,28,29). The van der Waals surface area contributed by atoms with Gasteiger partial charge in [-0.1, -0.05) is 121 Å². The van der Waals surface area contributed by atoms with E-state index in [0.717, 1.165) is 22.3 Å². The highest BCUT2D eigenvalue weighted by Gasteiger charge is 2.47. The monoisotopic (exact) mass is 377 g/mol. The summed E-state index contributed by atoms with van der Waals surface area (Å²) in [6, 6.07) is 40.4. The first-order valence-corrected chi connectivity index (χ1v) is 9.75. The predicted molar refractivity (Wildman–Crippen MR) is 118 cm³/mol. The highest BCUT2D eigenvalue weighted by Crippen LogP contribution is 2.49. The van der Waals surface area contributed by atoms with Gasteiger partial charge in [-0.25, -0.2) is 0 Å². The van der Waals surface area contributed by atoms with Crippen molar-refractivity contribution in [3.8, 4) is 0 Å². The number of hydrogen-bond donors (Lipinski definition) is 1. The molecule has 0 saturated carbocycles. The Balaban J connectivity index is 2.14. The minimum absolute atomic E-state index is 0.354. The maximum atomic E-state index is 13.1. The van der Waals surface area contributed by atoms with E-state index in [1.54, 1.807) is 0 Å². The fourth-order valence-electron chi connectivity index (χ4n) is 4.38. The third kappa shape index (κ3) is 3.34. The maximum absolute atomic E-state index is 13.1. The lowest BCUT2D eigenvalue weighted by Crippen LogP contribution is -2.43. The van der Waals surface area contributed by atoms with Crippen LogP contribution in [0.1, 0.15) is 28.2 Å². The van der Waals surface area contributed by atoms with Crippen molar-refractivity contribution in [3.05, 3.63) is 144 Å². The third-order valence-electron chi connectivity index (χ3n) is 5.54. The zero-order valence-corrected chi connectivity index (χ0v) is 16.1. The molecule has 1 unspecified atom stereocenters. The summed E-state index contributed by atoms with van der Waals surface area (Å²) in [5.74, 6) is -0.927. The average molecular weight is 377 g/mol. The van der Waals surface area contributed by atoms with E-state index in [0.29, 0.717) is 0 Å². The molecule has 1 atom stereocenters. The zero-order valence-electron chi connectivity index (χ0n) is 16.1. The maximum Gasteiger partial charge on any atom is 0.226 e. The molecule has 0 fully saturated rings. The molecule has 1 amide bonds. The normalized spacial score (nSPS) is 12.3. The zero-order chi connectivity index (χ0) is 20.1. The largest absolute Gasteiger partial charge is 0.369 e. The lowest BCUT2D eigenvalue weighted by molar-refractivity contribution is -0.120. The number of nitrogens with two attached hydrogens (primary N) is 1. The number of amides is 1. The van der Waals surface area contributed by atoms with Crippen molar-refractivity contribution >= 4 is 5.91 Å². The molecule has 4 aromatic carbocycles. The summed E-state index contributed by atoms with van der Waals surface area (Å²) >= 11 is 0. The van der Waals surface area contributed by atoms with Gasteiger partial charge in [0.25, 0.3) is 0 Å². The van der Waals surface area contributed by atoms with E-state index < -0.39 is 11.3 Å². The lowest BCUT2D eigenvalue weighted by Gasteiger charge is -2.41. The van der Waals surface area contributed by atoms with Gasteiger partial charge in [-0.15, -0.1) is 0 Å². The van der Waals surface area contributed by atoms with Crippen molar-refractivity contribution in [1.29, 1.82) is 0 Å². The Kier molecular flexibility index (Phi) is 5.26. The molecule has 0 aliphatic heterocycles. The van der Waals surface area contributed by atoms with Crippen molar-refractivity contribution in [2.75, 3.05) is 0 Å². The molecule has 0 saturated heterocycles. The quantitative estimate of drug-likeness (QED) is 0.456. The van der Waals surface area contributed by atoms with Crippen molar-refractivity contribution < 1.29 is 4.79 Å². The lowest BCUT2D eigenvalue weighted by atomic mass is 9.59. The number of carbonyl (C=O) groups is 1. The van der Waals surface area contributed by atoms with Crippen LogP contribution in [-0.4, -0.2) is 5.91 Å². The van der Waals surface area contributed by atoms with Crippen molar-refractivity contribution in [2.24, 2.45) is 5.73 Å². The van der Waals surface area contributed by atoms with Gasteiger partial charge >= 0.3 is 0 Å². The van der Waals surface area contributed by atoms with Crippen LogP contribution in [0.2, 0.25) is 0 Å². The Morgan fingerprint density at radius 3 is 1.17 bits per heavy atom. The molecule has 0 radical (unpaired) electrons. The second-order valence-electron chi connectivity index (χ2n) is 7.15. The summed E-state index contributed by atoms with van der Waals surface area (Å²) in [5.41, 5.74) is 9.37. The Bertz CT molecular complexity index is 964. The molecule has 0 aliphatic rings. The van der Waals surface area contributed by atoms with Crippen LogP contribution in [0.5, 0.6) is 0 Å². The summed E-state index contributed by atoms with van der Waals surface area (Å²) in [6.07, 6.45) is 0. The Hall–Kier alpha value is -3.65. The van der Waals surface area contributed by atoms with Crippen LogP contribution in [-0.2, 0) is 10.2 Å². The average Bonchev–Trinajstić information content (AvgIpc) is 2.79. The molecule has 2 nitrogen and oxygen atoms in total. The van der Waals surface area contributed by atoms with Gasteiger partial charge in [0.05, 0.1) is 11.3 Å². The molecule has 0 aromatic heterocycles. The van der Waals surface area contributed by atoms with Gasteiger partial charge in [-0.3, -0.25) is 4.79 Å². The van der Waals surface area contributed by atoms with E-state index in [-0.39, 0.29) is 5.91 Å². The highest BCUT2D eigenvalue weighted by molar-refractivity contribution is 5.86. The SMILES string of the molecule is NC(=O)C(c1ccccc1)C(c1ccccc1)(c1ccccc1)c1ccccc1. The van der Waals surface area contributed by atoms with Gasteiger partial charge in [-0.2, -0.15) is 0 Å². The predicted octanol–water partition coefficient (Wildman–Crippen LogP) is 5.29. The smallest absolute Gasteiger partial charge is 0.226 e. The van der Waals surface area contributed by atoms with Gasteiger partial charge in [0, 0.05) is 0 Å². The third-order valence-corrected chi connectivity index (χ3v) is 5.54. The van der Waals surface area contributed by atoms with Crippen LogP contribution in [0.4, 0.5) is 0 Å². The van der Waals surface area contributed by atoms with Crippen molar-refractivity contribution in [2.45, 2.75) is 11.3 Å². The Morgan fingerprint density at radius 2 is 0.862 bits per heavy atom. The molecular weight excluding hydrogens is 354 g/mol. The van der Waals surface area contributed by atoms with E-state index in [2.05, 4.69) is 36.4 Å². The summed E-state index contributed by atoms with van der Waals surface area (Å²) in [7, 11) is 0. The number of primary amides is 1.